The van der Waals surface area contributed by atoms with Crippen molar-refractivity contribution in [2.75, 3.05) is 40.3 Å². The zero-order valence-corrected chi connectivity index (χ0v) is 16.2. The van der Waals surface area contributed by atoms with Gasteiger partial charge < -0.3 is 15.4 Å². The van der Waals surface area contributed by atoms with Gasteiger partial charge in [-0.3, -0.25) is 9.89 Å². The van der Waals surface area contributed by atoms with Crippen LogP contribution in [-0.2, 0) is 6.42 Å². The van der Waals surface area contributed by atoms with Crippen LogP contribution in [0.1, 0.15) is 32.3 Å². The summed E-state index contributed by atoms with van der Waals surface area (Å²) >= 11 is 0. The highest BCUT2D eigenvalue weighted by atomic mass is 16.5. The van der Waals surface area contributed by atoms with Crippen molar-refractivity contribution in [3.8, 4) is 5.75 Å². The van der Waals surface area contributed by atoms with Gasteiger partial charge in [-0.2, -0.15) is 0 Å². The number of para-hydroxylation sites is 1. The van der Waals surface area contributed by atoms with Crippen LogP contribution in [0.2, 0.25) is 0 Å². The molecule has 140 valence electrons. The van der Waals surface area contributed by atoms with Crippen molar-refractivity contribution in [1.29, 1.82) is 0 Å². The fraction of sp³-hybridized carbons (Fsp3) is 0.650. The molecule has 1 atom stereocenters. The molecule has 0 aromatic heterocycles. The highest BCUT2D eigenvalue weighted by Crippen LogP contribution is 2.18. The minimum Gasteiger partial charge on any atom is -0.496 e. The third-order valence-electron chi connectivity index (χ3n) is 4.96. The quantitative estimate of drug-likeness (QED) is 0.561. The maximum absolute atomic E-state index is 5.41. The van der Waals surface area contributed by atoms with E-state index in [1.54, 1.807) is 7.11 Å². The van der Waals surface area contributed by atoms with E-state index in [1.807, 2.05) is 25.2 Å². The van der Waals surface area contributed by atoms with E-state index >= 15 is 0 Å². The van der Waals surface area contributed by atoms with Crippen molar-refractivity contribution in [3.63, 3.8) is 0 Å². The van der Waals surface area contributed by atoms with E-state index < -0.39 is 0 Å². The third-order valence-corrected chi connectivity index (χ3v) is 4.96. The summed E-state index contributed by atoms with van der Waals surface area (Å²) in [7, 11) is 3.55. The lowest BCUT2D eigenvalue weighted by Crippen LogP contribution is -2.48. The van der Waals surface area contributed by atoms with Crippen LogP contribution in [0.5, 0.6) is 5.75 Å². The van der Waals surface area contributed by atoms with Crippen molar-refractivity contribution in [3.05, 3.63) is 29.8 Å². The monoisotopic (exact) mass is 346 g/mol. The van der Waals surface area contributed by atoms with Gasteiger partial charge in [0.05, 0.1) is 7.11 Å². The van der Waals surface area contributed by atoms with Crippen molar-refractivity contribution in [1.82, 2.24) is 15.5 Å². The average Bonchev–Trinajstić information content (AvgIpc) is 3.14. The third kappa shape index (κ3) is 5.92. The molecule has 1 heterocycles. The Morgan fingerprint density at radius 2 is 1.92 bits per heavy atom. The first-order valence-corrected chi connectivity index (χ1v) is 9.46. The van der Waals surface area contributed by atoms with Gasteiger partial charge >= 0.3 is 0 Å². The highest BCUT2D eigenvalue weighted by molar-refractivity contribution is 5.79. The molecule has 1 aromatic rings. The first-order chi connectivity index (χ1) is 12.2. The fourth-order valence-corrected chi connectivity index (χ4v) is 3.51. The summed E-state index contributed by atoms with van der Waals surface area (Å²) in [6, 6.07) is 8.73. The number of nitrogens with one attached hydrogen (secondary N) is 2. The van der Waals surface area contributed by atoms with Gasteiger partial charge in [-0.1, -0.05) is 32.0 Å². The Kier molecular flexibility index (Phi) is 8.06. The van der Waals surface area contributed by atoms with Gasteiger partial charge in [0.2, 0.25) is 0 Å². The molecular weight excluding hydrogens is 312 g/mol. The number of hydrogen-bond donors (Lipinski definition) is 2. The van der Waals surface area contributed by atoms with Crippen LogP contribution in [0.4, 0.5) is 0 Å². The largest absolute Gasteiger partial charge is 0.496 e. The number of ether oxygens (including phenoxy) is 1. The predicted octanol–water partition coefficient (Wildman–Crippen LogP) is 2.52. The molecule has 1 aliphatic heterocycles. The average molecular weight is 347 g/mol. The lowest BCUT2D eigenvalue weighted by atomic mass is 10.0. The number of aliphatic imine (C=N–C) groups is 1. The molecule has 5 nitrogen and oxygen atoms in total. The number of guanidine groups is 1. The van der Waals surface area contributed by atoms with Crippen LogP contribution >= 0.6 is 0 Å². The Bertz CT molecular complexity index is 538. The number of hydrogen-bond acceptors (Lipinski definition) is 3. The normalized spacial score (nSPS) is 16.9. The highest BCUT2D eigenvalue weighted by Gasteiger charge is 2.24. The van der Waals surface area contributed by atoms with Crippen molar-refractivity contribution >= 4 is 5.96 Å². The molecule has 5 heteroatoms. The molecule has 2 N–H and O–H groups in total. The first-order valence-electron chi connectivity index (χ1n) is 9.46. The molecule has 1 aromatic carbocycles. The van der Waals surface area contributed by atoms with E-state index in [2.05, 4.69) is 40.4 Å². The second-order valence-corrected chi connectivity index (χ2v) is 7.00. The van der Waals surface area contributed by atoms with Crippen LogP contribution in [0.15, 0.2) is 29.3 Å². The van der Waals surface area contributed by atoms with Crippen LogP contribution in [0.25, 0.3) is 0 Å². The topological polar surface area (TPSA) is 48.9 Å². The minimum absolute atomic E-state index is 0.565. The Labute approximate surface area is 152 Å². The van der Waals surface area contributed by atoms with E-state index in [1.165, 1.54) is 31.5 Å². The summed E-state index contributed by atoms with van der Waals surface area (Å²) in [4.78, 5) is 6.98. The zero-order chi connectivity index (χ0) is 18.1. The van der Waals surface area contributed by atoms with Gasteiger partial charge in [0.15, 0.2) is 5.96 Å². The van der Waals surface area contributed by atoms with Crippen LogP contribution in [0, 0.1) is 5.92 Å². The number of nitrogens with zero attached hydrogens (tertiary/aromatic N) is 2. The number of rotatable bonds is 8. The van der Waals surface area contributed by atoms with Gasteiger partial charge in [0, 0.05) is 26.2 Å². The van der Waals surface area contributed by atoms with Crippen LogP contribution in [-0.4, -0.2) is 57.2 Å². The summed E-state index contributed by atoms with van der Waals surface area (Å²) in [6.45, 7) is 8.84. The SMILES string of the molecule is CN=C(NCCc1ccccc1OC)NCC(C(C)C)N1CCCC1. The van der Waals surface area contributed by atoms with E-state index in [4.69, 9.17) is 4.74 Å². The number of benzene rings is 1. The molecule has 0 bridgehead atoms. The molecule has 0 spiro atoms. The number of methoxy groups -OCH3 is 1. The van der Waals surface area contributed by atoms with Crippen LogP contribution in [0.3, 0.4) is 0 Å². The van der Waals surface area contributed by atoms with Gasteiger partial charge in [-0.25, -0.2) is 0 Å². The summed E-state index contributed by atoms with van der Waals surface area (Å²) < 4.78 is 5.41. The van der Waals surface area contributed by atoms with Crippen molar-refractivity contribution in [2.24, 2.45) is 10.9 Å². The van der Waals surface area contributed by atoms with E-state index in [0.717, 1.165) is 31.2 Å². The molecule has 1 aliphatic rings. The smallest absolute Gasteiger partial charge is 0.191 e. The molecule has 0 saturated carbocycles. The van der Waals surface area contributed by atoms with Gasteiger partial charge in [-0.05, 0) is 49.9 Å². The first kappa shape index (κ1) is 19.6. The molecule has 2 rings (SSSR count). The Morgan fingerprint density at radius 3 is 2.56 bits per heavy atom. The zero-order valence-electron chi connectivity index (χ0n) is 16.2. The second kappa shape index (κ2) is 10.3. The molecule has 0 radical (unpaired) electrons. The summed E-state index contributed by atoms with van der Waals surface area (Å²) in [5, 5.41) is 6.93. The predicted molar refractivity (Wildman–Crippen MR) is 105 cm³/mol. The van der Waals surface area contributed by atoms with E-state index in [0.29, 0.717) is 12.0 Å². The molecule has 25 heavy (non-hydrogen) atoms. The standard InChI is InChI=1S/C20H34N4O/c1-16(2)18(24-13-7-8-14-24)15-23-20(21-3)22-12-11-17-9-5-6-10-19(17)25-4/h5-6,9-10,16,18H,7-8,11-15H2,1-4H3,(H2,21,22,23). The van der Waals surface area contributed by atoms with Crippen molar-refractivity contribution in [2.45, 2.75) is 39.2 Å². The lowest BCUT2D eigenvalue weighted by Gasteiger charge is -2.31. The maximum atomic E-state index is 5.41. The van der Waals surface area contributed by atoms with Gasteiger partial charge in [0.25, 0.3) is 0 Å². The van der Waals surface area contributed by atoms with E-state index in [9.17, 15) is 0 Å². The molecule has 0 amide bonds. The van der Waals surface area contributed by atoms with Gasteiger partial charge in [0.1, 0.15) is 5.75 Å². The summed E-state index contributed by atoms with van der Waals surface area (Å²) in [6.07, 6.45) is 3.56. The Morgan fingerprint density at radius 1 is 1.20 bits per heavy atom. The molecular formula is C20H34N4O. The number of likely N-dealkylation sites (tertiary alicyclic amines) is 1. The molecule has 1 saturated heterocycles. The Balaban J connectivity index is 1.79. The minimum atomic E-state index is 0.565. The van der Waals surface area contributed by atoms with Crippen LogP contribution < -0.4 is 15.4 Å². The molecule has 1 unspecified atom stereocenters. The lowest BCUT2D eigenvalue weighted by molar-refractivity contribution is 0.192. The van der Waals surface area contributed by atoms with Crippen molar-refractivity contribution < 1.29 is 4.74 Å². The maximum Gasteiger partial charge on any atom is 0.191 e. The van der Waals surface area contributed by atoms with Gasteiger partial charge in [-0.15, -0.1) is 0 Å². The molecule has 0 aliphatic carbocycles. The second-order valence-electron chi connectivity index (χ2n) is 7.00. The summed E-state index contributed by atoms with van der Waals surface area (Å²) in [5.41, 5.74) is 1.21. The molecule has 1 fully saturated rings. The fourth-order valence-electron chi connectivity index (χ4n) is 3.51. The summed E-state index contributed by atoms with van der Waals surface area (Å²) in [5.74, 6) is 2.46. The Hall–Kier alpha value is -1.75. The van der Waals surface area contributed by atoms with E-state index in [-0.39, 0.29) is 0 Å².